The largest absolute Gasteiger partial charge is 0.326 e. The third-order valence-electron chi connectivity index (χ3n) is 2.77. The zero-order valence-corrected chi connectivity index (χ0v) is 8.86. The molecule has 0 atom stereocenters. The van der Waals surface area contributed by atoms with Crippen LogP contribution in [0.25, 0.3) is 0 Å². The van der Waals surface area contributed by atoms with E-state index < -0.39 is 0 Å². The molecule has 1 heterocycles. The summed E-state index contributed by atoms with van der Waals surface area (Å²) in [5.74, 6) is 0.760. The van der Waals surface area contributed by atoms with Gasteiger partial charge in [0.2, 0.25) is 0 Å². The fourth-order valence-electron chi connectivity index (χ4n) is 1.67. The van der Waals surface area contributed by atoms with Crippen molar-refractivity contribution in [1.29, 1.82) is 0 Å². The van der Waals surface area contributed by atoms with E-state index in [2.05, 4.69) is 11.9 Å². The Balaban J connectivity index is 2.21. The van der Waals surface area contributed by atoms with E-state index in [-0.39, 0.29) is 0 Å². The van der Waals surface area contributed by atoms with E-state index in [4.69, 9.17) is 5.73 Å². The maximum atomic E-state index is 5.67. The molecule has 13 heavy (non-hydrogen) atoms. The van der Waals surface area contributed by atoms with Crippen LogP contribution in [0.15, 0.2) is 0 Å². The first-order valence-electron chi connectivity index (χ1n) is 5.03. The molecule has 2 N–H and O–H groups in total. The quantitative estimate of drug-likeness (QED) is 0.806. The molecule has 0 aromatic carbocycles. The highest BCUT2D eigenvalue weighted by Gasteiger charge is 2.23. The molecule has 0 saturated heterocycles. The van der Waals surface area contributed by atoms with Crippen molar-refractivity contribution < 1.29 is 0 Å². The number of aryl methyl sites for hydroxylation is 1. The summed E-state index contributed by atoms with van der Waals surface area (Å²) in [4.78, 5) is 5.96. The van der Waals surface area contributed by atoms with Crippen molar-refractivity contribution in [2.75, 3.05) is 0 Å². The predicted molar refractivity (Wildman–Crippen MR) is 56.0 cm³/mol. The summed E-state index contributed by atoms with van der Waals surface area (Å²) in [6.45, 7) is 2.81. The van der Waals surface area contributed by atoms with E-state index in [1.54, 1.807) is 0 Å². The third kappa shape index (κ3) is 1.63. The summed E-state index contributed by atoms with van der Waals surface area (Å²) in [7, 11) is 0. The first-order chi connectivity index (χ1) is 6.35. The van der Waals surface area contributed by atoms with Gasteiger partial charge in [-0.3, -0.25) is 0 Å². The van der Waals surface area contributed by atoms with Crippen LogP contribution < -0.4 is 5.73 Å². The minimum Gasteiger partial charge on any atom is -0.326 e. The van der Waals surface area contributed by atoms with Gasteiger partial charge in [-0.15, -0.1) is 11.3 Å². The summed E-state index contributed by atoms with van der Waals surface area (Å²) in [6, 6.07) is 0. The predicted octanol–water partition coefficient (Wildman–Crippen LogP) is 2.43. The van der Waals surface area contributed by atoms with Crippen molar-refractivity contribution in [3.05, 3.63) is 15.6 Å². The molecule has 1 aromatic rings. The SMILES string of the molecule is CCc1nc(C2CCC2)sc1CN. The lowest BCUT2D eigenvalue weighted by molar-refractivity contribution is 0.418. The minimum absolute atomic E-state index is 0.660. The van der Waals surface area contributed by atoms with E-state index in [1.165, 1.54) is 34.8 Å². The normalized spacial score (nSPS) is 17.4. The number of hydrogen-bond acceptors (Lipinski definition) is 3. The topological polar surface area (TPSA) is 38.9 Å². The van der Waals surface area contributed by atoms with Gasteiger partial charge in [0.15, 0.2) is 0 Å². The van der Waals surface area contributed by atoms with Gasteiger partial charge in [-0.05, 0) is 19.3 Å². The Bertz CT molecular complexity index is 268. The second-order valence-corrected chi connectivity index (χ2v) is 4.72. The van der Waals surface area contributed by atoms with Gasteiger partial charge in [0.05, 0.1) is 10.7 Å². The molecule has 1 aliphatic carbocycles. The molecule has 72 valence electrons. The van der Waals surface area contributed by atoms with Gasteiger partial charge in [0.1, 0.15) is 0 Å². The van der Waals surface area contributed by atoms with Crippen LogP contribution in [0.2, 0.25) is 0 Å². The fourth-order valence-corrected chi connectivity index (χ4v) is 2.87. The Morgan fingerprint density at radius 3 is 2.69 bits per heavy atom. The van der Waals surface area contributed by atoms with Crippen LogP contribution in [0.1, 0.15) is 47.7 Å². The Hall–Kier alpha value is -0.410. The van der Waals surface area contributed by atoms with Crippen LogP contribution in [0.5, 0.6) is 0 Å². The fraction of sp³-hybridized carbons (Fsp3) is 0.700. The van der Waals surface area contributed by atoms with E-state index >= 15 is 0 Å². The van der Waals surface area contributed by atoms with Gasteiger partial charge in [-0.1, -0.05) is 13.3 Å². The van der Waals surface area contributed by atoms with Gasteiger partial charge in [0.25, 0.3) is 0 Å². The molecule has 0 bridgehead atoms. The molecule has 1 saturated carbocycles. The third-order valence-corrected chi connectivity index (χ3v) is 4.05. The van der Waals surface area contributed by atoms with E-state index in [1.807, 2.05) is 11.3 Å². The number of thiazole rings is 1. The molecule has 0 radical (unpaired) electrons. The first kappa shape index (κ1) is 9.16. The highest BCUT2D eigenvalue weighted by Crippen LogP contribution is 2.39. The average molecular weight is 196 g/mol. The molecule has 1 aromatic heterocycles. The van der Waals surface area contributed by atoms with Crippen molar-refractivity contribution in [3.63, 3.8) is 0 Å². The standard InChI is InChI=1S/C10H16N2S/c1-2-8-9(6-11)13-10(12-8)7-4-3-5-7/h7H,2-6,11H2,1H3. The first-order valence-corrected chi connectivity index (χ1v) is 5.85. The number of rotatable bonds is 3. The molecule has 1 aliphatic rings. The van der Waals surface area contributed by atoms with Crippen LogP contribution in [0.4, 0.5) is 0 Å². The second kappa shape index (κ2) is 3.76. The number of hydrogen-bond donors (Lipinski definition) is 1. The molecule has 1 fully saturated rings. The average Bonchev–Trinajstić information content (AvgIpc) is 2.44. The molecule has 2 rings (SSSR count). The molecule has 0 amide bonds. The highest BCUT2D eigenvalue weighted by molar-refractivity contribution is 7.11. The maximum absolute atomic E-state index is 5.67. The van der Waals surface area contributed by atoms with Gasteiger partial charge >= 0.3 is 0 Å². The lowest BCUT2D eigenvalue weighted by Crippen LogP contribution is -2.08. The molecular weight excluding hydrogens is 180 g/mol. The highest BCUT2D eigenvalue weighted by atomic mass is 32.1. The molecule has 3 heteroatoms. The van der Waals surface area contributed by atoms with Gasteiger partial charge < -0.3 is 5.73 Å². The van der Waals surface area contributed by atoms with Gasteiger partial charge in [-0.25, -0.2) is 4.98 Å². The zero-order valence-electron chi connectivity index (χ0n) is 8.05. The lowest BCUT2D eigenvalue weighted by Gasteiger charge is -2.22. The summed E-state index contributed by atoms with van der Waals surface area (Å²) in [5.41, 5.74) is 6.90. The van der Waals surface area contributed by atoms with Crippen molar-refractivity contribution in [2.24, 2.45) is 5.73 Å². The molecular formula is C10H16N2S. The van der Waals surface area contributed by atoms with Crippen molar-refractivity contribution in [1.82, 2.24) is 4.98 Å². The summed E-state index contributed by atoms with van der Waals surface area (Å²) in [6.07, 6.45) is 5.07. The Labute approximate surface area is 83.2 Å². The van der Waals surface area contributed by atoms with E-state index in [9.17, 15) is 0 Å². The van der Waals surface area contributed by atoms with Gasteiger partial charge in [0, 0.05) is 17.3 Å². The van der Waals surface area contributed by atoms with Crippen LogP contribution in [0, 0.1) is 0 Å². The maximum Gasteiger partial charge on any atom is 0.0962 e. The Morgan fingerprint density at radius 1 is 1.54 bits per heavy atom. The molecule has 0 spiro atoms. The zero-order chi connectivity index (χ0) is 9.26. The number of aromatic nitrogens is 1. The van der Waals surface area contributed by atoms with Crippen LogP contribution in [-0.4, -0.2) is 4.98 Å². The summed E-state index contributed by atoms with van der Waals surface area (Å²) in [5, 5.41) is 1.34. The van der Waals surface area contributed by atoms with Crippen LogP contribution in [-0.2, 0) is 13.0 Å². The van der Waals surface area contributed by atoms with Crippen LogP contribution >= 0.6 is 11.3 Å². The van der Waals surface area contributed by atoms with Crippen molar-refractivity contribution >= 4 is 11.3 Å². The Morgan fingerprint density at radius 2 is 2.31 bits per heavy atom. The smallest absolute Gasteiger partial charge is 0.0962 e. The second-order valence-electron chi connectivity index (χ2n) is 3.61. The molecule has 0 aliphatic heterocycles. The van der Waals surface area contributed by atoms with Gasteiger partial charge in [-0.2, -0.15) is 0 Å². The van der Waals surface area contributed by atoms with E-state index in [0.717, 1.165) is 12.3 Å². The Kier molecular flexibility index (Phi) is 2.65. The monoisotopic (exact) mass is 196 g/mol. The number of nitrogens with zero attached hydrogens (tertiary/aromatic N) is 1. The minimum atomic E-state index is 0.660. The molecule has 0 unspecified atom stereocenters. The van der Waals surface area contributed by atoms with Crippen molar-refractivity contribution in [3.8, 4) is 0 Å². The van der Waals surface area contributed by atoms with Crippen molar-refractivity contribution in [2.45, 2.75) is 45.1 Å². The summed E-state index contributed by atoms with van der Waals surface area (Å²) < 4.78 is 0. The lowest BCUT2D eigenvalue weighted by atomic mass is 9.86. The number of nitrogens with two attached hydrogens (primary N) is 1. The van der Waals surface area contributed by atoms with Crippen LogP contribution in [0.3, 0.4) is 0 Å². The summed E-state index contributed by atoms with van der Waals surface area (Å²) >= 11 is 1.83. The molecule has 2 nitrogen and oxygen atoms in total. The van der Waals surface area contributed by atoms with E-state index in [0.29, 0.717) is 6.54 Å².